The number of piperidine rings is 1. The van der Waals surface area contributed by atoms with Gasteiger partial charge in [0.1, 0.15) is 28.7 Å². The van der Waals surface area contributed by atoms with E-state index in [0.29, 0.717) is 27.6 Å². The molecule has 3 aromatic heterocycles. The van der Waals surface area contributed by atoms with Gasteiger partial charge in [-0.3, -0.25) is 9.69 Å². The van der Waals surface area contributed by atoms with Gasteiger partial charge >= 0.3 is 6.18 Å². The van der Waals surface area contributed by atoms with Crippen LogP contribution in [0.1, 0.15) is 68.2 Å². The molecule has 0 radical (unpaired) electrons. The van der Waals surface area contributed by atoms with Crippen molar-refractivity contribution in [2.45, 2.75) is 96.2 Å². The van der Waals surface area contributed by atoms with Gasteiger partial charge in [-0.05, 0) is 87.1 Å². The third-order valence-electron chi connectivity index (χ3n) is 11.2. The lowest BCUT2D eigenvalue weighted by molar-refractivity contribution is -0.229. The molecule has 3 aliphatic carbocycles. The van der Waals surface area contributed by atoms with E-state index in [1.54, 1.807) is 19.9 Å². The maximum absolute atomic E-state index is 13.0. The number of nitrogens with two attached hydrogens (primary N) is 1. The van der Waals surface area contributed by atoms with E-state index in [4.69, 9.17) is 5.73 Å². The minimum absolute atomic E-state index is 0.0564. The van der Waals surface area contributed by atoms with Crippen molar-refractivity contribution < 1.29 is 18.0 Å². The molecule has 0 spiro atoms. The molecule has 0 unspecified atom stereocenters. The first-order valence-electron chi connectivity index (χ1n) is 16.5. The molecule has 4 aliphatic rings. The van der Waals surface area contributed by atoms with Crippen LogP contribution in [0.3, 0.4) is 0 Å². The first-order chi connectivity index (χ1) is 22.6. The van der Waals surface area contributed by atoms with Crippen LogP contribution in [0, 0.1) is 29.6 Å². The number of carbonyl (C=O) groups is 1. The fourth-order valence-electron chi connectivity index (χ4n) is 8.22. The Balaban J connectivity index is 0.994. The van der Waals surface area contributed by atoms with E-state index < -0.39 is 18.1 Å². The van der Waals surface area contributed by atoms with Gasteiger partial charge in [-0.2, -0.15) is 18.4 Å². The van der Waals surface area contributed by atoms with Crippen molar-refractivity contribution in [3.05, 3.63) is 52.3 Å². The smallest absolute Gasteiger partial charge is 0.367 e. The predicted octanol–water partition coefficient (Wildman–Crippen LogP) is 6.03. The fraction of sp³-hybridized carbons (Fsp3) is 0.543. The van der Waals surface area contributed by atoms with Gasteiger partial charge in [0.2, 0.25) is 5.91 Å². The third-order valence-corrected chi connectivity index (χ3v) is 12.2. The van der Waals surface area contributed by atoms with Crippen molar-refractivity contribution in [1.82, 2.24) is 24.8 Å². The molecule has 3 saturated carbocycles. The number of anilines is 1. The fourth-order valence-corrected chi connectivity index (χ4v) is 9.25. The van der Waals surface area contributed by atoms with E-state index in [1.807, 2.05) is 6.07 Å². The number of aryl methyl sites for hydroxylation is 1. The summed E-state index contributed by atoms with van der Waals surface area (Å²) in [5, 5.41) is 18.5. The lowest BCUT2D eigenvalue weighted by Crippen LogP contribution is -2.82. The van der Waals surface area contributed by atoms with Gasteiger partial charge in [-0.25, -0.2) is 9.97 Å². The summed E-state index contributed by atoms with van der Waals surface area (Å²) in [4.78, 5) is 24.4. The maximum atomic E-state index is 13.0. The zero-order valence-corrected chi connectivity index (χ0v) is 28.5. The molecule has 48 heavy (non-hydrogen) atoms. The number of amides is 1. The highest BCUT2D eigenvalue weighted by molar-refractivity contribution is 7.18. The Labute approximate surface area is 281 Å². The SMILES string of the molecule is Cc1c(CN2CCC(Nc3ncnc4sc(CC(F)(F)F)cc34)CC2)ccc2c1cc(C#N)n2CC12CC(NC(=O)C(C)(C)N)(C1)[C@H]2C. The first kappa shape index (κ1) is 32.8. The molecule has 13 heteroatoms. The van der Waals surface area contributed by atoms with E-state index in [9.17, 15) is 23.2 Å². The van der Waals surface area contributed by atoms with Crippen LogP contribution < -0.4 is 16.4 Å². The third kappa shape index (κ3) is 5.71. The van der Waals surface area contributed by atoms with Gasteiger partial charge in [-0.15, -0.1) is 11.3 Å². The van der Waals surface area contributed by atoms with Crippen LogP contribution >= 0.6 is 11.3 Å². The zero-order valence-electron chi connectivity index (χ0n) is 27.7. The predicted molar refractivity (Wildman–Crippen MR) is 180 cm³/mol. The Morgan fingerprint density at radius 1 is 1.17 bits per heavy atom. The second kappa shape index (κ2) is 11.4. The molecule has 4 N–H and O–H groups in total. The molecule has 9 nitrogen and oxygen atoms in total. The summed E-state index contributed by atoms with van der Waals surface area (Å²) < 4.78 is 41.0. The van der Waals surface area contributed by atoms with Crippen LogP contribution in [-0.4, -0.2) is 61.7 Å². The summed E-state index contributed by atoms with van der Waals surface area (Å²) in [6.07, 6.45) is -0.267. The lowest BCUT2D eigenvalue weighted by Gasteiger charge is -2.76. The number of nitrogens with one attached hydrogen (secondary N) is 2. The van der Waals surface area contributed by atoms with Gasteiger partial charge in [0.05, 0.1) is 17.3 Å². The standard InChI is InChI=1S/C35H41F3N8OS/c1-20-22(15-45-9-7-23(8-10-45)43-29-27-12-25(13-35(36,37)38)48-30(27)42-19-41-29)5-6-28-26(20)11-24(14-39)46(28)18-33-16-34(17-33,21(33)2)44-31(47)32(3,4)40/h5-6,11-12,19,21,23H,7-10,13,15-18,40H2,1-4H3,(H,44,47)(H,41,42,43)/t21-,33?,34?/m0/s1. The zero-order chi connectivity index (χ0) is 34.2. The molecule has 1 amide bonds. The number of likely N-dealkylation sites (tertiary alicyclic amines) is 1. The number of fused-ring (bicyclic) bond motifs is 2. The average molecular weight is 679 g/mol. The quantitative estimate of drug-likeness (QED) is 0.198. The van der Waals surface area contributed by atoms with Crippen LogP contribution in [0.2, 0.25) is 0 Å². The summed E-state index contributed by atoms with van der Waals surface area (Å²) in [6.45, 7) is 11.1. The molecule has 2 bridgehead atoms. The van der Waals surface area contributed by atoms with E-state index in [2.05, 4.69) is 62.1 Å². The average Bonchev–Trinajstić information content (AvgIpc) is 3.58. The van der Waals surface area contributed by atoms with Crippen LogP contribution in [-0.2, 0) is 24.3 Å². The number of thiophene rings is 1. The molecule has 1 aromatic carbocycles. The number of hydrogen-bond acceptors (Lipinski definition) is 8. The van der Waals surface area contributed by atoms with Gasteiger partial charge in [-0.1, -0.05) is 13.0 Å². The molecule has 4 fully saturated rings. The summed E-state index contributed by atoms with van der Waals surface area (Å²) in [5.74, 6) is 0.771. The highest BCUT2D eigenvalue weighted by Crippen LogP contribution is 2.72. The largest absolute Gasteiger partial charge is 0.393 e. The number of benzene rings is 1. The minimum atomic E-state index is -4.26. The Kier molecular flexibility index (Phi) is 7.81. The van der Waals surface area contributed by atoms with Crippen molar-refractivity contribution in [1.29, 1.82) is 5.26 Å². The molecule has 1 aliphatic heterocycles. The number of aromatic nitrogens is 3. The Bertz CT molecular complexity index is 1940. The number of hydrogen-bond donors (Lipinski definition) is 3. The molecule has 8 rings (SSSR count). The van der Waals surface area contributed by atoms with Gasteiger partial charge in [0.25, 0.3) is 0 Å². The number of nitriles is 1. The number of alkyl halides is 3. The second-order valence-electron chi connectivity index (χ2n) is 14.9. The molecular formula is C35H41F3N8OS. The van der Waals surface area contributed by atoms with Crippen LogP contribution in [0.15, 0.2) is 30.6 Å². The molecule has 1 saturated heterocycles. The van der Waals surface area contributed by atoms with Crippen LogP contribution in [0.5, 0.6) is 0 Å². The number of nitrogens with zero attached hydrogens (tertiary/aromatic N) is 5. The van der Waals surface area contributed by atoms with Crippen molar-refractivity contribution >= 4 is 44.2 Å². The minimum Gasteiger partial charge on any atom is -0.367 e. The topological polar surface area (TPSA) is 125 Å². The van der Waals surface area contributed by atoms with Crippen LogP contribution in [0.4, 0.5) is 19.0 Å². The summed E-state index contributed by atoms with van der Waals surface area (Å²) >= 11 is 1.06. The second-order valence-corrected chi connectivity index (χ2v) is 16.0. The van der Waals surface area contributed by atoms with Gasteiger partial charge in [0.15, 0.2) is 0 Å². The number of carbonyl (C=O) groups excluding carboxylic acids is 1. The summed E-state index contributed by atoms with van der Waals surface area (Å²) in [6, 6.07) is 10.5. The highest BCUT2D eigenvalue weighted by Gasteiger charge is 2.74. The Morgan fingerprint density at radius 2 is 1.90 bits per heavy atom. The van der Waals surface area contributed by atoms with E-state index in [1.165, 1.54) is 17.5 Å². The van der Waals surface area contributed by atoms with Crippen molar-refractivity contribution in [3.63, 3.8) is 0 Å². The first-order valence-corrected chi connectivity index (χ1v) is 17.3. The Hall–Kier alpha value is -3.73. The van der Waals surface area contributed by atoms with Crippen molar-refractivity contribution in [3.8, 4) is 6.07 Å². The highest BCUT2D eigenvalue weighted by atomic mass is 32.1. The van der Waals surface area contributed by atoms with Crippen LogP contribution in [0.25, 0.3) is 21.1 Å². The molecular weight excluding hydrogens is 638 g/mol. The van der Waals surface area contributed by atoms with Crippen molar-refractivity contribution in [2.24, 2.45) is 17.1 Å². The molecule has 4 aromatic rings. The maximum Gasteiger partial charge on any atom is 0.393 e. The monoisotopic (exact) mass is 678 g/mol. The number of halogens is 3. The summed E-state index contributed by atoms with van der Waals surface area (Å²) in [7, 11) is 0. The Morgan fingerprint density at radius 3 is 2.54 bits per heavy atom. The van der Waals surface area contributed by atoms with Crippen molar-refractivity contribution in [2.75, 3.05) is 18.4 Å². The van der Waals surface area contributed by atoms with Gasteiger partial charge < -0.3 is 20.9 Å². The molecule has 254 valence electrons. The van der Waals surface area contributed by atoms with E-state index in [-0.39, 0.29) is 27.8 Å². The molecule has 4 heterocycles. The van der Waals surface area contributed by atoms with E-state index >= 15 is 0 Å². The normalized spacial score (nSPS) is 24.7. The van der Waals surface area contributed by atoms with E-state index in [0.717, 1.165) is 74.1 Å². The molecule has 1 atom stereocenters. The summed E-state index contributed by atoms with van der Waals surface area (Å²) in [5.41, 5.74) is 9.11. The van der Waals surface area contributed by atoms with Gasteiger partial charge in [0, 0.05) is 53.5 Å². The lowest BCUT2D eigenvalue weighted by atomic mass is 9.33. The number of rotatable bonds is 9.